The third-order valence-corrected chi connectivity index (χ3v) is 3.73. The first-order valence-corrected chi connectivity index (χ1v) is 7.85. The molecule has 0 bridgehead atoms. The van der Waals surface area contributed by atoms with Crippen LogP contribution in [0, 0.1) is 13.8 Å². The van der Waals surface area contributed by atoms with Gasteiger partial charge in [-0.1, -0.05) is 37.2 Å². The lowest BCUT2D eigenvalue weighted by molar-refractivity contribution is -0.123. The standard InChI is InChI=1S/C18H22N2O4/c1-10(2)14-8-6-7-9-15(14)19-17(21)13(5)23-18(22)16-11(3)20-24-12(16)4/h6-10,13H,1-5H3,(H,19,21)/t13-/m1/s1. The Bertz CT molecular complexity index is 730. The SMILES string of the molecule is Cc1noc(C)c1C(=O)O[C@H](C)C(=O)Nc1ccccc1C(C)C. The van der Waals surface area contributed by atoms with Crippen molar-refractivity contribution in [2.75, 3.05) is 5.32 Å². The van der Waals surface area contributed by atoms with E-state index in [0.717, 1.165) is 11.3 Å². The van der Waals surface area contributed by atoms with Crippen LogP contribution in [0.5, 0.6) is 0 Å². The number of hydrogen-bond acceptors (Lipinski definition) is 5. The van der Waals surface area contributed by atoms with Gasteiger partial charge in [0, 0.05) is 5.69 Å². The van der Waals surface area contributed by atoms with E-state index < -0.39 is 12.1 Å². The van der Waals surface area contributed by atoms with Gasteiger partial charge in [0.05, 0.1) is 5.69 Å². The molecule has 0 saturated carbocycles. The smallest absolute Gasteiger partial charge is 0.344 e. The molecule has 0 aliphatic heterocycles. The molecule has 0 saturated heterocycles. The van der Waals surface area contributed by atoms with Crippen molar-refractivity contribution in [3.05, 3.63) is 46.8 Å². The van der Waals surface area contributed by atoms with Crippen LogP contribution in [0.1, 0.15) is 54.1 Å². The molecule has 0 radical (unpaired) electrons. The number of amides is 1. The van der Waals surface area contributed by atoms with E-state index in [1.54, 1.807) is 13.8 Å². The van der Waals surface area contributed by atoms with Gasteiger partial charge in [-0.25, -0.2) is 4.79 Å². The second kappa shape index (κ2) is 7.29. The zero-order valence-electron chi connectivity index (χ0n) is 14.5. The minimum atomic E-state index is -0.939. The van der Waals surface area contributed by atoms with Crippen LogP contribution in [0.4, 0.5) is 5.69 Å². The van der Waals surface area contributed by atoms with Crippen molar-refractivity contribution in [2.24, 2.45) is 0 Å². The first-order chi connectivity index (χ1) is 11.3. The Hall–Kier alpha value is -2.63. The number of benzene rings is 1. The highest BCUT2D eigenvalue weighted by molar-refractivity contribution is 5.98. The van der Waals surface area contributed by atoms with Crippen LogP contribution in [-0.4, -0.2) is 23.1 Å². The Morgan fingerprint density at radius 3 is 2.42 bits per heavy atom. The number of hydrogen-bond donors (Lipinski definition) is 1. The van der Waals surface area contributed by atoms with Crippen molar-refractivity contribution in [1.82, 2.24) is 5.16 Å². The number of anilines is 1. The Morgan fingerprint density at radius 2 is 1.83 bits per heavy atom. The number of rotatable bonds is 5. The molecule has 1 N–H and O–H groups in total. The van der Waals surface area contributed by atoms with Gasteiger partial charge in [-0.3, -0.25) is 4.79 Å². The van der Waals surface area contributed by atoms with Crippen LogP contribution in [0.25, 0.3) is 0 Å². The number of para-hydroxylation sites is 1. The largest absolute Gasteiger partial charge is 0.449 e. The van der Waals surface area contributed by atoms with E-state index in [9.17, 15) is 9.59 Å². The summed E-state index contributed by atoms with van der Waals surface area (Å²) in [6, 6.07) is 7.56. The van der Waals surface area contributed by atoms with E-state index in [2.05, 4.69) is 10.5 Å². The highest BCUT2D eigenvalue weighted by Crippen LogP contribution is 2.24. The van der Waals surface area contributed by atoms with Crippen molar-refractivity contribution >= 4 is 17.6 Å². The van der Waals surface area contributed by atoms with E-state index in [0.29, 0.717) is 11.5 Å². The highest BCUT2D eigenvalue weighted by Gasteiger charge is 2.24. The third-order valence-electron chi connectivity index (χ3n) is 3.73. The summed E-state index contributed by atoms with van der Waals surface area (Å²) < 4.78 is 10.2. The quantitative estimate of drug-likeness (QED) is 0.847. The Labute approximate surface area is 141 Å². The van der Waals surface area contributed by atoms with Crippen LogP contribution >= 0.6 is 0 Å². The fourth-order valence-corrected chi connectivity index (χ4v) is 2.40. The molecule has 0 aliphatic carbocycles. The number of nitrogens with zero attached hydrogens (tertiary/aromatic N) is 1. The van der Waals surface area contributed by atoms with Gasteiger partial charge in [0.2, 0.25) is 0 Å². The van der Waals surface area contributed by atoms with Crippen LogP contribution in [0.15, 0.2) is 28.8 Å². The number of aryl methyl sites for hydroxylation is 2. The van der Waals surface area contributed by atoms with E-state index in [1.165, 1.54) is 6.92 Å². The van der Waals surface area contributed by atoms with Crippen LogP contribution < -0.4 is 5.32 Å². The summed E-state index contributed by atoms with van der Waals surface area (Å²) in [6.07, 6.45) is -0.939. The lowest BCUT2D eigenvalue weighted by Crippen LogP contribution is -2.30. The molecule has 1 aromatic heterocycles. The minimum absolute atomic E-state index is 0.261. The van der Waals surface area contributed by atoms with Gasteiger partial charge in [0.1, 0.15) is 11.3 Å². The molecule has 24 heavy (non-hydrogen) atoms. The first kappa shape index (κ1) is 17.7. The summed E-state index contributed by atoms with van der Waals surface area (Å²) in [5.41, 5.74) is 2.44. The molecule has 6 heteroatoms. The Kier molecular flexibility index (Phi) is 5.39. The summed E-state index contributed by atoms with van der Waals surface area (Å²) in [4.78, 5) is 24.5. The van der Waals surface area contributed by atoms with Crippen molar-refractivity contribution in [2.45, 2.75) is 46.6 Å². The molecule has 0 fully saturated rings. The monoisotopic (exact) mass is 330 g/mol. The van der Waals surface area contributed by atoms with Gasteiger partial charge in [-0.05, 0) is 38.3 Å². The lowest BCUT2D eigenvalue weighted by Gasteiger charge is -2.17. The average molecular weight is 330 g/mol. The van der Waals surface area contributed by atoms with Crippen LogP contribution in [0.3, 0.4) is 0 Å². The van der Waals surface area contributed by atoms with Crippen molar-refractivity contribution in [1.29, 1.82) is 0 Å². The van der Waals surface area contributed by atoms with Crippen molar-refractivity contribution < 1.29 is 18.8 Å². The lowest BCUT2D eigenvalue weighted by atomic mass is 10.0. The van der Waals surface area contributed by atoms with E-state index >= 15 is 0 Å². The summed E-state index contributed by atoms with van der Waals surface area (Å²) >= 11 is 0. The Balaban J connectivity index is 2.07. The molecule has 6 nitrogen and oxygen atoms in total. The molecule has 2 aromatic rings. The molecule has 1 heterocycles. The highest BCUT2D eigenvalue weighted by atomic mass is 16.5. The molecular weight excluding hydrogens is 308 g/mol. The zero-order chi connectivity index (χ0) is 17.9. The minimum Gasteiger partial charge on any atom is -0.449 e. The fraction of sp³-hybridized carbons (Fsp3) is 0.389. The van der Waals surface area contributed by atoms with Crippen molar-refractivity contribution in [3.8, 4) is 0 Å². The molecule has 1 amide bonds. The van der Waals surface area contributed by atoms with E-state index in [1.807, 2.05) is 38.1 Å². The molecular formula is C18H22N2O4. The average Bonchev–Trinajstić information content (AvgIpc) is 2.86. The molecule has 1 aromatic carbocycles. The summed E-state index contributed by atoms with van der Waals surface area (Å²) in [5.74, 6) is -0.369. The van der Waals surface area contributed by atoms with Gasteiger partial charge in [0.25, 0.3) is 5.91 Å². The number of aromatic nitrogens is 1. The molecule has 128 valence electrons. The second-order valence-corrected chi connectivity index (χ2v) is 5.98. The number of nitrogens with one attached hydrogen (secondary N) is 1. The number of carbonyl (C=O) groups is 2. The van der Waals surface area contributed by atoms with Gasteiger partial charge in [-0.15, -0.1) is 0 Å². The first-order valence-electron chi connectivity index (χ1n) is 7.85. The number of carbonyl (C=O) groups excluding carboxylic acids is 2. The zero-order valence-corrected chi connectivity index (χ0v) is 14.5. The Morgan fingerprint density at radius 1 is 1.17 bits per heavy atom. The maximum absolute atomic E-state index is 12.3. The predicted molar refractivity (Wildman–Crippen MR) is 90.0 cm³/mol. The predicted octanol–water partition coefficient (Wildman–Crippen LogP) is 3.60. The third kappa shape index (κ3) is 3.82. The van der Waals surface area contributed by atoms with Crippen LogP contribution in [-0.2, 0) is 9.53 Å². The molecule has 2 rings (SSSR count). The molecule has 1 atom stereocenters. The number of esters is 1. The summed E-state index contributed by atoms with van der Waals surface area (Å²) in [7, 11) is 0. The van der Waals surface area contributed by atoms with E-state index in [4.69, 9.17) is 9.26 Å². The van der Waals surface area contributed by atoms with Gasteiger partial charge >= 0.3 is 5.97 Å². The maximum Gasteiger partial charge on any atom is 0.344 e. The van der Waals surface area contributed by atoms with Crippen molar-refractivity contribution in [3.63, 3.8) is 0 Å². The topological polar surface area (TPSA) is 81.4 Å². The molecule has 0 aliphatic rings. The van der Waals surface area contributed by atoms with Gasteiger partial charge < -0.3 is 14.6 Å². The fourth-order valence-electron chi connectivity index (χ4n) is 2.40. The molecule has 0 spiro atoms. The second-order valence-electron chi connectivity index (χ2n) is 5.98. The molecule has 0 unspecified atom stereocenters. The summed E-state index contributed by atoms with van der Waals surface area (Å²) in [5, 5.41) is 6.53. The van der Waals surface area contributed by atoms with E-state index in [-0.39, 0.29) is 17.4 Å². The summed E-state index contributed by atoms with van der Waals surface area (Å²) in [6.45, 7) is 8.90. The maximum atomic E-state index is 12.3. The van der Waals surface area contributed by atoms with Gasteiger partial charge in [0.15, 0.2) is 6.10 Å². The number of ether oxygens (including phenoxy) is 1. The normalized spacial score (nSPS) is 12.1. The van der Waals surface area contributed by atoms with Crippen LogP contribution in [0.2, 0.25) is 0 Å². The van der Waals surface area contributed by atoms with Gasteiger partial charge in [-0.2, -0.15) is 0 Å².